The van der Waals surface area contributed by atoms with Crippen molar-refractivity contribution in [2.24, 2.45) is 0 Å². The molecule has 0 saturated carbocycles. The summed E-state index contributed by atoms with van der Waals surface area (Å²) in [6.45, 7) is 44.3. The standard InChI is InChI=1S/C67H81BN2/c1-41-32-47-51(66(15,16)40-65(47,13)14)38-54(41)70-56-39-50-49(63(9,10)30-31-64(50,11)12)37-53(56)68-52-27-24-43(67(17,18)42-22-20-19-21-23-42)33-55(52)69(57-34-44(60(2,3)4)35-58(70)59(57)68)45-25-26-46-48(36-45)62(7,8)29-28-61(46,5)6/h19-27,32-39H,28-31,40H2,1-18H3. The zero-order valence-electron chi connectivity index (χ0n) is 46.3. The largest absolute Gasteiger partial charge is 0.311 e. The molecule has 3 heteroatoms. The van der Waals surface area contributed by atoms with Gasteiger partial charge in [0.2, 0.25) is 0 Å². The quantitative estimate of drug-likeness (QED) is 0.162. The number of nitrogens with zero attached hydrogens (tertiary/aromatic N) is 2. The average molecular weight is 925 g/mol. The molecule has 3 aliphatic carbocycles. The Bertz CT molecular complexity index is 3160. The summed E-state index contributed by atoms with van der Waals surface area (Å²) in [5, 5.41) is 0. The first-order valence-corrected chi connectivity index (χ1v) is 26.9. The third-order valence-electron chi connectivity index (χ3n) is 19.1. The number of fused-ring (bicyclic) bond motifs is 7. The Labute approximate surface area is 423 Å². The van der Waals surface area contributed by atoms with E-state index in [0.717, 1.165) is 6.42 Å². The van der Waals surface area contributed by atoms with E-state index in [1.54, 1.807) is 0 Å². The van der Waals surface area contributed by atoms with Crippen LogP contribution in [-0.4, -0.2) is 6.71 Å². The monoisotopic (exact) mass is 925 g/mol. The SMILES string of the molecule is Cc1cc2c(cc1N1c3cc4c(cc3B3c5ccc(C(C)(C)c6ccccc6)cc5N(c5ccc6c(c5)C(C)(C)CCC6(C)C)c5cc(C(C)(C)C)cc1c53)C(C)(C)CCC4(C)C)C(C)(C)CC2(C)C. The average Bonchev–Trinajstić information content (AvgIpc) is 3.46. The van der Waals surface area contributed by atoms with Crippen molar-refractivity contribution in [1.29, 1.82) is 0 Å². The Hall–Kier alpha value is -5.02. The third kappa shape index (κ3) is 6.92. The highest BCUT2D eigenvalue weighted by molar-refractivity contribution is 7.00. The lowest BCUT2D eigenvalue weighted by atomic mass is 9.33. The van der Waals surface area contributed by atoms with E-state index in [1.807, 2.05) is 0 Å². The molecule has 70 heavy (non-hydrogen) atoms. The zero-order chi connectivity index (χ0) is 50.3. The van der Waals surface area contributed by atoms with Crippen LogP contribution in [0.3, 0.4) is 0 Å². The van der Waals surface area contributed by atoms with Crippen molar-refractivity contribution in [3.8, 4) is 0 Å². The second kappa shape index (κ2) is 14.8. The minimum Gasteiger partial charge on any atom is -0.311 e. The van der Waals surface area contributed by atoms with Crippen LogP contribution < -0.4 is 26.2 Å². The van der Waals surface area contributed by atoms with Gasteiger partial charge in [-0.3, -0.25) is 0 Å². The summed E-state index contributed by atoms with van der Waals surface area (Å²) in [4.78, 5) is 5.49. The lowest BCUT2D eigenvalue weighted by Gasteiger charge is -2.48. The number of hydrogen-bond donors (Lipinski definition) is 0. The first-order chi connectivity index (χ1) is 32.4. The maximum atomic E-state index is 2.77. The molecule has 2 nitrogen and oxygen atoms in total. The van der Waals surface area contributed by atoms with Gasteiger partial charge >= 0.3 is 0 Å². The first-order valence-electron chi connectivity index (χ1n) is 26.9. The smallest absolute Gasteiger partial charge is 0.252 e. The van der Waals surface area contributed by atoms with Gasteiger partial charge in [-0.05, 0) is 191 Å². The maximum Gasteiger partial charge on any atom is 0.252 e. The fraction of sp³-hybridized carbons (Fsp3) is 0.463. The summed E-state index contributed by atoms with van der Waals surface area (Å²) < 4.78 is 0. The van der Waals surface area contributed by atoms with Crippen molar-refractivity contribution < 1.29 is 0 Å². The fourth-order valence-electron chi connectivity index (χ4n) is 14.5. The Kier molecular flexibility index (Phi) is 10.0. The Morgan fingerprint density at radius 1 is 0.400 bits per heavy atom. The molecular weight excluding hydrogens is 844 g/mol. The number of aryl methyl sites for hydroxylation is 1. The fourth-order valence-corrected chi connectivity index (χ4v) is 14.5. The van der Waals surface area contributed by atoms with Gasteiger partial charge in [0, 0.05) is 39.5 Å². The summed E-state index contributed by atoms with van der Waals surface area (Å²) in [6.07, 6.45) is 5.88. The van der Waals surface area contributed by atoms with Gasteiger partial charge in [-0.2, -0.15) is 0 Å². The van der Waals surface area contributed by atoms with Gasteiger partial charge in [0.25, 0.3) is 6.71 Å². The van der Waals surface area contributed by atoms with Gasteiger partial charge in [-0.25, -0.2) is 0 Å². The minimum atomic E-state index is -0.216. The van der Waals surface area contributed by atoms with E-state index in [1.165, 1.54) is 132 Å². The molecule has 0 N–H and O–H groups in total. The van der Waals surface area contributed by atoms with Gasteiger partial charge in [-0.1, -0.05) is 178 Å². The summed E-state index contributed by atoms with van der Waals surface area (Å²) in [5.74, 6) is 0. The summed E-state index contributed by atoms with van der Waals surface area (Å²) in [7, 11) is 0. The molecule has 0 atom stereocenters. The molecule has 0 unspecified atom stereocenters. The molecule has 5 aliphatic rings. The highest BCUT2D eigenvalue weighted by atomic mass is 15.2. The first kappa shape index (κ1) is 47.3. The Morgan fingerprint density at radius 2 is 0.886 bits per heavy atom. The van der Waals surface area contributed by atoms with Crippen LogP contribution >= 0.6 is 0 Å². The van der Waals surface area contributed by atoms with Gasteiger partial charge in [-0.15, -0.1) is 0 Å². The van der Waals surface area contributed by atoms with Crippen LogP contribution in [-0.2, 0) is 43.3 Å². The minimum absolute atomic E-state index is 0.0367. The molecule has 0 bridgehead atoms. The number of rotatable bonds is 4. The molecule has 0 radical (unpaired) electrons. The van der Waals surface area contributed by atoms with E-state index in [-0.39, 0.29) is 50.0 Å². The van der Waals surface area contributed by atoms with E-state index >= 15 is 0 Å². The summed E-state index contributed by atoms with van der Waals surface area (Å²) in [5.41, 5.74) is 26.7. The maximum absolute atomic E-state index is 2.77. The molecule has 362 valence electrons. The third-order valence-corrected chi connectivity index (χ3v) is 19.1. The molecule has 6 aromatic carbocycles. The van der Waals surface area contributed by atoms with Crippen LogP contribution in [0.4, 0.5) is 34.1 Å². The molecule has 0 spiro atoms. The molecule has 6 aromatic rings. The van der Waals surface area contributed by atoms with Gasteiger partial charge < -0.3 is 9.80 Å². The normalized spacial score (nSPS) is 20.5. The molecule has 11 rings (SSSR count). The Morgan fingerprint density at radius 3 is 1.49 bits per heavy atom. The molecular formula is C67H81BN2. The van der Waals surface area contributed by atoms with Crippen molar-refractivity contribution in [2.75, 3.05) is 9.80 Å². The molecule has 0 saturated heterocycles. The van der Waals surface area contributed by atoms with Gasteiger partial charge in [0.1, 0.15) is 0 Å². The lowest BCUT2D eigenvalue weighted by Crippen LogP contribution is -2.62. The second-order valence-electron chi connectivity index (χ2n) is 28.4. The van der Waals surface area contributed by atoms with E-state index in [4.69, 9.17) is 0 Å². The summed E-state index contributed by atoms with van der Waals surface area (Å²) in [6, 6.07) is 42.2. The van der Waals surface area contributed by atoms with E-state index in [2.05, 4.69) is 238 Å². The van der Waals surface area contributed by atoms with Crippen molar-refractivity contribution >= 4 is 57.2 Å². The lowest BCUT2D eigenvalue weighted by molar-refractivity contribution is 0.332. The predicted molar refractivity (Wildman–Crippen MR) is 304 cm³/mol. The van der Waals surface area contributed by atoms with Crippen molar-refractivity contribution in [3.63, 3.8) is 0 Å². The molecule has 0 aromatic heterocycles. The second-order valence-corrected chi connectivity index (χ2v) is 28.4. The topological polar surface area (TPSA) is 6.48 Å². The number of benzene rings is 6. The number of hydrogen-bond acceptors (Lipinski definition) is 2. The summed E-state index contributed by atoms with van der Waals surface area (Å²) >= 11 is 0. The molecule has 2 heterocycles. The van der Waals surface area contributed by atoms with Crippen LogP contribution in [0.5, 0.6) is 0 Å². The molecule has 0 fully saturated rings. The van der Waals surface area contributed by atoms with Crippen molar-refractivity contribution in [2.45, 2.75) is 200 Å². The number of anilines is 6. The van der Waals surface area contributed by atoms with Crippen LogP contribution in [0.25, 0.3) is 0 Å². The van der Waals surface area contributed by atoms with Crippen LogP contribution in [0.2, 0.25) is 0 Å². The van der Waals surface area contributed by atoms with Gasteiger partial charge in [0.15, 0.2) is 0 Å². The van der Waals surface area contributed by atoms with E-state index < -0.39 is 0 Å². The van der Waals surface area contributed by atoms with Crippen LogP contribution in [0, 0.1) is 6.92 Å². The van der Waals surface area contributed by atoms with Gasteiger partial charge in [0.05, 0.1) is 0 Å². The molecule has 2 aliphatic heterocycles. The van der Waals surface area contributed by atoms with E-state index in [9.17, 15) is 0 Å². The highest BCUT2D eigenvalue weighted by Crippen LogP contribution is 2.56. The zero-order valence-corrected chi connectivity index (χ0v) is 46.3. The van der Waals surface area contributed by atoms with Crippen LogP contribution in [0.15, 0.2) is 103 Å². The highest BCUT2D eigenvalue weighted by Gasteiger charge is 2.49. The van der Waals surface area contributed by atoms with E-state index in [0.29, 0.717) is 0 Å². The predicted octanol–water partition coefficient (Wildman–Crippen LogP) is 16.4. The Balaban J connectivity index is 1.28. The molecule has 0 amide bonds. The van der Waals surface area contributed by atoms with Crippen LogP contribution in [0.1, 0.15) is 205 Å². The van der Waals surface area contributed by atoms with Crippen molar-refractivity contribution in [3.05, 3.63) is 159 Å². The van der Waals surface area contributed by atoms with Crippen molar-refractivity contribution in [1.82, 2.24) is 0 Å².